The normalized spacial score (nSPS) is 10.9. The van der Waals surface area contributed by atoms with Gasteiger partial charge in [-0.15, -0.1) is 10.2 Å². The first-order chi connectivity index (χ1) is 12.4. The molecule has 1 aromatic carbocycles. The summed E-state index contributed by atoms with van der Waals surface area (Å²) >= 11 is 1.33. The number of carbonyl (C=O) groups excluding carboxylic acids is 2. The number of hydrogen-bond donors (Lipinski definition) is 2. The molecule has 2 rings (SSSR count). The summed E-state index contributed by atoms with van der Waals surface area (Å²) in [6.07, 6.45) is 0.681. The molecule has 0 aliphatic rings. The number of amides is 2. The third-order valence-corrected chi connectivity index (χ3v) is 4.86. The monoisotopic (exact) mass is 375 g/mol. The van der Waals surface area contributed by atoms with Gasteiger partial charge in [-0.05, 0) is 24.5 Å². The molecule has 0 radical (unpaired) electrons. The molecule has 26 heavy (non-hydrogen) atoms. The van der Waals surface area contributed by atoms with Crippen molar-refractivity contribution in [3.05, 3.63) is 35.7 Å². The fourth-order valence-electron chi connectivity index (χ4n) is 2.59. The topological polar surface area (TPSA) is 103 Å². The number of para-hydroxylation sites is 1. The van der Waals surface area contributed by atoms with Crippen LogP contribution in [0.2, 0.25) is 0 Å². The van der Waals surface area contributed by atoms with Gasteiger partial charge < -0.3 is 15.6 Å². The van der Waals surface area contributed by atoms with Gasteiger partial charge in [-0.2, -0.15) is 0 Å². The molecule has 0 bridgehead atoms. The summed E-state index contributed by atoms with van der Waals surface area (Å²) in [5, 5.41) is 11.9. The first kappa shape index (κ1) is 20.0. The second-order valence-corrected chi connectivity index (χ2v) is 7.13. The van der Waals surface area contributed by atoms with Crippen molar-refractivity contribution in [2.75, 3.05) is 11.1 Å². The number of aromatic nitrogens is 3. The molecule has 0 unspecified atom stereocenters. The standard InChI is InChI=1S/C18H25N5O2S/c1-4-23-16(10-9-15(19)24)21-22-18(23)26-11-17(25)20-14-8-6-5-7-13(14)12(2)3/h5-8,12H,4,9-11H2,1-3H3,(H2,19,24)(H,20,25). The van der Waals surface area contributed by atoms with Crippen LogP contribution >= 0.6 is 11.8 Å². The lowest BCUT2D eigenvalue weighted by Crippen LogP contribution is -2.16. The fraction of sp³-hybridized carbons (Fsp3) is 0.444. The quantitative estimate of drug-likeness (QED) is 0.656. The van der Waals surface area contributed by atoms with Crippen LogP contribution in [0.1, 0.15) is 44.5 Å². The molecule has 3 N–H and O–H groups in total. The Balaban J connectivity index is 1.98. The van der Waals surface area contributed by atoms with Crippen molar-refractivity contribution in [1.82, 2.24) is 14.8 Å². The van der Waals surface area contributed by atoms with E-state index in [1.165, 1.54) is 11.8 Å². The van der Waals surface area contributed by atoms with E-state index in [4.69, 9.17) is 5.73 Å². The number of rotatable bonds is 9. The van der Waals surface area contributed by atoms with Crippen LogP contribution in [-0.4, -0.2) is 32.3 Å². The molecule has 8 heteroatoms. The Bertz CT molecular complexity index is 773. The van der Waals surface area contributed by atoms with E-state index in [0.29, 0.717) is 29.9 Å². The second kappa shape index (κ2) is 9.38. The van der Waals surface area contributed by atoms with Crippen LogP contribution in [0.4, 0.5) is 5.69 Å². The van der Waals surface area contributed by atoms with Gasteiger partial charge in [0.25, 0.3) is 0 Å². The molecule has 0 aliphatic carbocycles. The van der Waals surface area contributed by atoms with E-state index in [2.05, 4.69) is 29.4 Å². The van der Waals surface area contributed by atoms with Gasteiger partial charge in [0.15, 0.2) is 5.16 Å². The summed E-state index contributed by atoms with van der Waals surface area (Å²) in [5.41, 5.74) is 7.14. The average Bonchev–Trinajstić information content (AvgIpc) is 3.00. The highest BCUT2D eigenvalue weighted by atomic mass is 32.2. The minimum Gasteiger partial charge on any atom is -0.370 e. The van der Waals surface area contributed by atoms with E-state index >= 15 is 0 Å². The molecule has 2 aromatic rings. The third-order valence-electron chi connectivity index (χ3n) is 3.89. The number of hydrogen-bond acceptors (Lipinski definition) is 5. The van der Waals surface area contributed by atoms with Gasteiger partial charge in [0.05, 0.1) is 5.75 Å². The number of nitrogens with two attached hydrogens (primary N) is 1. The Morgan fingerprint density at radius 2 is 2.00 bits per heavy atom. The molecule has 1 heterocycles. The molecular formula is C18H25N5O2S. The highest BCUT2D eigenvalue weighted by Crippen LogP contribution is 2.24. The number of benzene rings is 1. The lowest BCUT2D eigenvalue weighted by Gasteiger charge is -2.13. The highest BCUT2D eigenvalue weighted by Gasteiger charge is 2.15. The molecule has 2 amide bonds. The van der Waals surface area contributed by atoms with E-state index in [0.717, 1.165) is 11.3 Å². The number of anilines is 1. The molecule has 1 aromatic heterocycles. The van der Waals surface area contributed by atoms with Crippen LogP contribution in [0.3, 0.4) is 0 Å². The molecule has 140 valence electrons. The van der Waals surface area contributed by atoms with E-state index in [-0.39, 0.29) is 24.0 Å². The van der Waals surface area contributed by atoms with Gasteiger partial charge in [0.1, 0.15) is 5.82 Å². The van der Waals surface area contributed by atoms with E-state index < -0.39 is 0 Å². The summed E-state index contributed by atoms with van der Waals surface area (Å²) in [5.74, 6) is 0.815. The lowest BCUT2D eigenvalue weighted by molar-refractivity contribution is -0.118. The summed E-state index contributed by atoms with van der Waals surface area (Å²) in [6.45, 7) is 6.83. The molecule has 0 aliphatic heterocycles. The van der Waals surface area contributed by atoms with Crippen molar-refractivity contribution in [2.24, 2.45) is 5.73 Å². The van der Waals surface area contributed by atoms with Gasteiger partial charge in [-0.3, -0.25) is 9.59 Å². The van der Waals surface area contributed by atoms with Crippen LogP contribution < -0.4 is 11.1 Å². The van der Waals surface area contributed by atoms with Crippen LogP contribution in [0.25, 0.3) is 0 Å². The molecule has 0 saturated carbocycles. The highest BCUT2D eigenvalue weighted by molar-refractivity contribution is 7.99. The van der Waals surface area contributed by atoms with E-state index in [1.807, 2.05) is 35.8 Å². The molecule has 0 spiro atoms. The number of aryl methyl sites for hydroxylation is 1. The number of nitrogens with zero attached hydrogens (tertiary/aromatic N) is 3. The number of primary amides is 1. The largest absolute Gasteiger partial charge is 0.370 e. The van der Waals surface area contributed by atoms with Crippen LogP contribution in [0.15, 0.2) is 29.4 Å². The smallest absolute Gasteiger partial charge is 0.234 e. The van der Waals surface area contributed by atoms with Gasteiger partial charge >= 0.3 is 0 Å². The SMILES string of the molecule is CCn1c(CCC(N)=O)nnc1SCC(=O)Nc1ccccc1C(C)C. The Labute approximate surface area is 157 Å². The zero-order valence-electron chi connectivity index (χ0n) is 15.4. The van der Waals surface area contributed by atoms with Gasteiger partial charge in [0.2, 0.25) is 11.8 Å². The lowest BCUT2D eigenvalue weighted by atomic mass is 10.0. The fourth-order valence-corrected chi connectivity index (χ4v) is 3.42. The number of thioether (sulfide) groups is 1. The van der Waals surface area contributed by atoms with Crippen molar-refractivity contribution in [3.8, 4) is 0 Å². The Morgan fingerprint density at radius 1 is 1.27 bits per heavy atom. The van der Waals surface area contributed by atoms with Crippen LogP contribution in [-0.2, 0) is 22.6 Å². The van der Waals surface area contributed by atoms with Crippen molar-refractivity contribution in [3.63, 3.8) is 0 Å². The third kappa shape index (κ3) is 5.32. The molecule has 0 saturated heterocycles. The maximum absolute atomic E-state index is 12.3. The predicted molar refractivity (Wildman–Crippen MR) is 103 cm³/mol. The number of carbonyl (C=O) groups is 2. The van der Waals surface area contributed by atoms with E-state index in [1.54, 1.807) is 0 Å². The van der Waals surface area contributed by atoms with Gasteiger partial charge in [0, 0.05) is 25.1 Å². The average molecular weight is 375 g/mol. The zero-order chi connectivity index (χ0) is 19.1. The summed E-state index contributed by atoms with van der Waals surface area (Å²) < 4.78 is 1.91. The maximum Gasteiger partial charge on any atom is 0.234 e. The maximum atomic E-state index is 12.3. The van der Waals surface area contributed by atoms with Crippen molar-refractivity contribution in [1.29, 1.82) is 0 Å². The first-order valence-electron chi connectivity index (χ1n) is 8.64. The van der Waals surface area contributed by atoms with Gasteiger partial charge in [-0.1, -0.05) is 43.8 Å². The summed E-state index contributed by atoms with van der Waals surface area (Å²) in [4.78, 5) is 23.3. The van der Waals surface area contributed by atoms with Gasteiger partial charge in [-0.25, -0.2) is 0 Å². The molecule has 0 atom stereocenters. The minimum atomic E-state index is -0.368. The Hall–Kier alpha value is -2.35. The van der Waals surface area contributed by atoms with Crippen LogP contribution in [0.5, 0.6) is 0 Å². The second-order valence-electron chi connectivity index (χ2n) is 6.19. The Kier molecular flexibility index (Phi) is 7.20. The predicted octanol–water partition coefficient (Wildman–Crippen LogP) is 2.57. The van der Waals surface area contributed by atoms with E-state index in [9.17, 15) is 9.59 Å². The van der Waals surface area contributed by atoms with Crippen molar-refractivity contribution in [2.45, 2.75) is 51.2 Å². The Morgan fingerprint density at radius 3 is 2.65 bits per heavy atom. The first-order valence-corrected chi connectivity index (χ1v) is 9.62. The zero-order valence-corrected chi connectivity index (χ0v) is 16.2. The molecule has 7 nitrogen and oxygen atoms in total. The van der Waals surface area contributed by atoms with Crippen molar-refractivity contribution >= 4 is 29.3 Å². The minimum absolute atomic E-state index is 0.0903. The number of nitrogens with one attached hydrogen (secondary N) is 1. The molecule has 0 fully saturated rings. The summed E-state index contributed by atoms with van der Waals surface area (Å²) in [7, 11) is 0. The molecular weight excluding hydrogens is 350 g/mol. The summed E-state index contributed by atoms with van der Waals surface area (Å²) in [6, 6.07) is 7.81. The van der Waals surface area contributed by atoms with Crippen molar-refractivity contribution < 1.29 is 9.59 Å². The van der Waals surface area contributed by atoms with Crippen LogP contribution in [0, 0.1) is 0 Å².